The van der Waals surface area contributed by atoms with Crippen LogP contribution >= 0.6 is 11.3 Å². The topological polar surface area (TPSA) is 56.1 Å². The van der Waals surface area contributed by atoms with Crippen LogP contribution in [0.5, 0.6) is 0 Å². The molecular formula is C14H19N3OS. The molecule has 1 aromatic rings. The number of rotatable bonds is 5. The molecular weight excluding hydrogens is 258 g/mol. The number of thiophene rings is 1. The molecule has 0 saturated carbocycles. The van der Waals surface area contributed by atoms with Crippen LogP contribution in [-0.4, -0.2) is 37.0 Å². The largest absolute Gasteiger partial charge is 0.355 e. The van der Waals surface area contributed by atoms with Crippen molar-refractivity contribution in [3.05, 3.63) is 22.4 Å². The Balaban J connectivity index is 1.65. The Hall–Kier alpha value is -1.38. The lowest BCUT2D eigenvalue weighted by Crippen LogP contribution is -2.41. The molecule has 1 fully saturated rings. The van der Waals surface area contributed by atoms with Crippen molar-refractivity contribution in [2.24, 2.45) is 5.92 Å². The summed E-state index contributed by atoms with van der Waals surface area (Å²) >= 11 is 1.73. The molecule has 2 rings (SSSR count). The highest BCUT2D eigenvalue weighted by Gasteiger charge is 2.24. The van der Waals surface area contributed by atoms with Gasteiger partial charge in [-0.15, -0.1) is 11.3 Å². The molecule has 0 unspecified atom stereocenters. The summed E-state index contributed by atoms with van der Waals surface area (Å²) in [5, 5.41) is 13.7. The normalized spacial score (nSPS) is 17.0. The van der Waals surface area contributed by atoms with E-state index in [4.69, 9.17) is 5.26 Å². The van der Waals surface area contributed by atoms with Crippen LogP contribution in [0.1, 0.15) is 17.7 Å². The zero-order valence-corrected chi connectivity index (χ0v) is 11.8. The molecule has 5 heteroatoms. The Morgan fingerprint density at radius 1 is 1.53 bits per heavy atom. The average molecular weight is 277 g/mol. The maximum atomic E-state index is 12.0. The third kappa shape index (κ3) is 4.34. The summed E-state index contributed by atoms with van der Waals surface area (Å²) in [5.74, 6) is 0.298. The number of likely N-dealkylation sites (tertiary alicyclic amines) is 1. The first kappa shape index (κ1) is 14.0. The van der Waals surface area contributed by atoms with Crippen LogP contribution in [0.4, 0.5) is 0 Å². The van der Waals surface area contributed by atoms with Crippen LogP contribution in [0.25, 0.3) is 0 Å². The Morgan fingerprint density at radius 2 is 2.32 bits per heavy atom. The van der Waals surface area contributed by atoms with Crippen LogP contribution in [0.15, 0.2) is 17.5 Å². The van der Waals surface area contributed by atoms with Crippen molar-refractivity contribution in [1.29, 1.82) is 5.26 Å². The minimum atomic E-state index is 0.123. The predicted molar refractivity (Wildman–Crippen MR) is 75.8 cm³/mol. The van der Waals surface area contributed by atoms with Crippen molar-refractivity contribution in [1.82, 2.24) is 10.2 Å². The van der Waals surface area contributed by atoms with E-state index in [9.17, 15) is 4.79 Å². The Bertz CT molecular complexity index is 430. The molecule has 0 aliphatic carbocycles. The molecule has 1 aromatic heterocycles. The summed E-state index contributed by atoms with van der Waals surface area (Å²) in [7, 11) is 0. The maximum Gasteiger partial charge on any atom is 0.223 e. The zero-order valence-electron chi connectivity index (χ0n) is 11.0. The first-order valence-electron chi connectivity index (χ1n) is 6.69. The van der Waals surface area contributed by atoms with E-state index in [1.165, 1.54) is 4.88 Å². The number of nitrogens with one attached hydrogen (secondary N) is 1. The van der Waals surface area contributed by atoms with E-state index in [0.717, 1.165) is 38.9 Å². The van der Waals surface area contributed by atoms with Gasteiger partial charge in [-0.05, 0) is 43.8 Å². The van der Waals surface area contributed by atoms with E-state index in [2.05, 4.69) is 27.7 Å². The number of piperidine rings is 1. The van der Waals surface area contributed by atoms with Gasteiger partial charge in [0.15, 0.2) is 0 Å². The molecule has 19 heavy (non-hydrogen) atoms. The van der Waals surface area contributed by atoms with Crippen molar-refractivity contribution in [2.45, 2.75) is 19.3 Å². The number of carbonyl (C=O) groups excluding carboxylic acids is 1. The second-order valence-corrected chi connectivity index (χ2v) is 5.86. The van der Waals surface area contributed by atoms with Gasteiger partial charge in [0.25, 0.3) is 0 Å². The van der Waals surface area contributed by atoms with Crippen LogP contribution in [0, 0.1) is 17.2 Å². The van der Waals surface area contributed by atoms with Crippen LogP contribution in [0.2, 0.25) is 0 Å². The second-order valence-electron chi connectivity index (χ2n) is 4.83. The zero-order chi connectivity index (χ0) is 13.5. The highest BCUT2D eigenvalue weighted by molar-refractivity contribution is 7.09. The monoisotopic (exact) mass is 277 g/mol. The second kappa shape index (κ2) is 7.27. The van der Waals surface area contributed by atoms with Gasteiger partial charge < -0.3 is 5.32 Å². The lowest BCUT2D eigenvalue weighted by atomic mass is 9.96. The van der Waals surface area contributed by atoms with Crippen LogP contribution in [-0.2, 0) is 11.2 Å². The number of nitrogens with zero attached hydrogens (tertiary/aromatic N) is 2. The van der Waals surface area contributed by atoms with Gasteiger partial charge in [0.05, 0.1) is 12.6 Å². The smallest absolute Gasteiger partial charge is 0.223 e. The van der Waals surface area contributed by atoms with Crippen LogP contribution in [0.3, 0.4) is 0 Å². The number of hydrogen-bond donors (Lipinski definition) is 1. The van der Waals surface area contributed by atoms with Gasteiger partial charge in [0.2, 0.25) is 5.91 Å². The van der Waals surface area contributed by atoms with E-state index in [-0.39, 0.29) is 11.8 Å². The summed E-state index contributed by atoms with van der Waals surface area (Å²) in [4.78, 5) is 15.4. The standard InChI is InChI=1S/C14H19N3OS/c15-6-10-17-8-4-12(5-9-17)14(18)16-7-3-13-2-1-11-19-13/h1-2,11-12H,3-5,7-10H2,(H,16,18). The van der Waals surface area contributed by atoms with E-state index >= 15 is 0 Å². The molecule has 1 amide bonds. The Kier molecular flexibility index (Phi) is 5.37. The molecule has 2 heterocycles. The summed E-state index contributed by atoms with van der Waals surface area (Å²) in [5.41, 5.74) is 0. The fourth-order valence-electron chi connectivity index (χ4n) is 2.36. The maximum absolute atomic E-state index is 12.0. The molecule has 4 nitrogen and oxygen atoms in total. The van der Waals surface area contributed by atoms with E-state index in [1.807, 2.05) is 6.07 Å². The van der Waals surface area contributed by atoms with E-state index in [0.29, 0.717) is 6.54 Å². The first-order valence-corrected chi connectivity index (χ1v) is 7.57. The summed E-state index contributed by atoms with van der Waals surface area (Å²) in [6, 6.07) is 6.29. The van der Waals surface area contributed by atoms with E-state index in [1.54, 1.807) is 11.3 Å². The number of nitriles is 1. The highest BCUT2D eigenvalue weighted by atomic mass is 32.1. The number of hydrogen-bond acceptors (Lipinski definition) is 4. The minimum Gasteiger partial charge on any atom is -0.355 e. The predicted octanol–water partition coefficient (Wildman–Crippen LogP) is 1.64. The third-order valence-electron chi connectivity index (χ3n) is 3.50. The summed E-state index contributed by atoms with van der Waals surface area (Å²) < 4.78 is 0. The molecule has 0 radical (unpaired) electrons. The van der Waals surface area contributed by atoms with Gasteiger partial charge in [-0.2, -0.15) is 5.26 Å². The van der Waals surface area contributed by atoms with Gasteiger partial charge in [-0.25, -0.2) is 0 Å². The Labute approximate surface area is 118 Å². The molecule has 102 valence electrons. The SMILES string of the molecule is N#CCN1CCC(C(=O)NCCc2cccs2)CC1. The number of amides is 1. The number of carbonyl (C=O) groups is 1. The van der Waals surface area contributed by atoms with Crippen molar-refractivity contribution in [3.8, 4) is 6.07 Å². The van der Waals surface area contributed by atoms with Gasteiger partial charge in [0, 0.05) is 17.3 Å². The quantitative estimate of drug-likeness (QED) is 0.833. The molecule has 0 bridgehead atoms. The van der Waals surface area contributed by atoms with Gasteiger partial charge in [-0.1, -0.05) is 6.07 Å². The minimum absolute atomic E-state index is 0.123. The highest BCUT2D eigenvalue weighted by Crippen LogP contribution is 2.17. The molecule has 0 aromatic carbocycles. The first-order chi connectivity index (χ1) is 9.29. The summed E-state index contributed by atoms with van der Waals surface area (Å²) in [6.45, 7) is 2.91. The molecule has 1 N–H and O–H groups in total. The van der Waals surface area contributed by atoms with Crippen LogP contribution < -0.4 is 5.32 Å². The summed E-state index contributed by atoms with van der Waals surface area (Å²) in [6.07, 6.45) is 2.65. The van der Waals surface area contributed by atoms with Crippen molar-refractivity contribution >= 4 is 17.2 Å². The fourth-order valence-corrected chi connectivity index (χ4v) is 3.07. The van der Waals surface area contributed by atoms with Gasteiger partial charge in [-0.3, -0.25) is 9.69 Å². The molecule has 0 spiro atoms. The third-order valence-corrected chi connectivity index (χ3v) is 4.44. The van der Waals surface area contributed by atoms with E-state index < -0.39 is 0 Å². The average Bonchev–Trinajstić information content (AvgIpc) is 2.93. The molecule has 1 aliphatic heterocycles. The van der Waals surface area contributed by atoms with Gasteiger partial charge in [0.1, 0.15) is 0 Å². The molecule has 0 atom stereocenters. The lowest BCUT2D eigenvalue weighted by molar-refractivity contribution is -0.126. The Morgan fingerprint density at radius 3 is 2.95 bits per heavy atom. The van der Waals surface area contributed by atoms with Gasteiger partial charge >= 0.3 is 0 Å². The molecule has 1 aliphatic rings. The lowest BCUT2D eigenvalue weighted by Gasteiger charge is -2.29. The van der Waals surface area contributed by atoms with Crippen molar-refractivity contribution < 1.29 is 4.79 Å². The van der Waals surface area contributed by atoms with Crippen molar-refractivity contribution in [3.63, 3.8) is 0 Å². The fraction of sp³-hybridized carbons (Fsp3) is 0.571. The molecule has 1 saturated heterocycles. The van der Waals surface area contributed by atoms with Crippen molar-refractivity contribution in [2.75, 3.05) is 26.2 Å².